The van der Waals surface area contributed by atoms with Gasteiger partial charge in [-0.3, -0.25) is 9.59 Å². The molecule has 5 nitrogen and oxygen atoms in total. The maximum Gasteiger partial charge on any atom is 0.258 e. The van der Waals surface area contributed by atoms with Gasteiger partial charge in [-0.2, -0.15) is 0 Å². The average molecular weight is 340 g/mol. The van der Waals surface area contributed by atoms with Crippen molar-refractivity contribution in [2.24, 2.45) is 0 Å². The first-order valence-electron chi connectivity index (χ1n) is 8.45. The molecule has 5 heteroatoms. The molecule has 0 heterocycles. The highest BCUT2D eigenvalue weighted by molar-refractivity contribution is 5.85. The van der Waals surface area contributed by atoms with Crippen molar-refractivity contribution in [3.05, 3.63) is 66.2 Å². The Morgan fingerprint density at radius 2 is 1.64 bits per heavy atom. The maximum absolute atomic E-state index is 12.4. The van der Waals surface area contributed by atoms with Crippen LogP contribution in [0.1, 0.15) is 18.9 Å². The van der Waals surface area contributed by atoms with E-state index in [2.05, 4.69) is 5.32 Å². The molecule has 25 heavy (non-hydrogen) atoms. The minimum atomic E-state index is -0.312. The van der Waals surface area contributed by atoms with Crippen LogP contribution < -0.4 is 10.1 Å². The van der Waals surface area contributed by atoms with E-state index in [4.69, 9.17) is 4.74 Å². The fourth-order valence-electron chi connectivity index (χ4n) is 2.37. The smallest absolute Gasteiger partial charge is 0.258 e. The van der Waals surface area contributed by atoms with E-state index in [1.807, 2.05) is 55.5 Å². The number of amides is 2. The molecule has 1 N–H and O–H groups in total. The van der Waals surface area contributed by atoms with E-state index >= 15 is 0 Å². The Hall–Kier alpha value is -2.82. The quantitative estimate of drug-likeness (QED) is 0.763. The van der Waals surface area contributed by atoms with Crippen molar-refractivity contribution in [2.45, 2.75) is 19.9 Å². The fraction of sp³-hybridized carbons (Fsp3) is 0.300. The summed E-state index contributed by atoms with van der Waals surface area (Å²) in [4.78, 5) is 26.0. The molecule has 0 aromatic heterocycles. The van der Waals surface area contributed by atoms with E-state index in [1.54, 1.807) is 17.0 Å². The maximum atomic E-state index is 12.4. The van der Waals surface area contributed by atoms with E-state index in [9.17, 15) is 9.59 Å². The standard InChI is InChI=1S/C20H24N2O3/c1-2-13-22(15-17-9-5-3-6-10-17)20(24)14-21-19(23)16-25-18-11-7-4-8-12-18/h3-12H,2,13-16H2,1H3,(H,21,23). The monoisotopic (exact) mass is 340 g/mol. The summed E-state index contributed by atoms with van der Waals surface area (Å²) in [5.41, 5.74) is 1.07. The molecule has 2 aromatic rings. The van der Waals surface area contributed by atoms with Gasteiger partial charge in [-0.25, -0.2) is 0 Å². The molecule has 0 unspecified atom stereocenters. The van der Waals surface area contributed by atoms with Crippen LogP contribution in [0.5, 0.6) is 5.75 Å². The van der Waals surface area contributed by atoms with Crippen molar-refractivity contribution < 1.29 is 14.3 Å². The molecule has 0 atom stereocenters. The predicted molar refractivity (Wildman–Crippen MR) is 97.1 cm³/mol. The van der Waals surface area contributed by atoms with E-state index < -0.39 is 0 Å². The van der Waals surface area contributed by atoms with Gasteiger partial charge in [0.25, 0.3) is 5.91 Å². The number of ether oxygens (including phenoxy) is 1. The summed E-state index contributed by atoms with van der Waals surface area (Å²) in [5.74, 6) is 0.216. The summed E-state index contributed by atoms with van der Waals surface area (Å²) in [7, 11) is 0. The Bertz CT molecular complexity index is 659. The summed E-state index contributed by atoms with van der Waals surface area (Å²) in [6.45, 7) is 3.10. The van der Waals surface area contributed by atoms with Crippen molar-refractivity contribution >= 4 is 11.8 Å². The number of carbonyl (C=O) groups excluding carboxylic acids is 2. The number of rotatable bonds is 9. The van der Waals surface area contributed by atoms with E-state index in [0.29, 0.717) is 18.8 Å². The van der Waals surface area contributed by atoms with Gasteiger partial charge < -0.3 is 15.0 Å². The van der Waals surface area contributed by atoms with Crippen LogP contribution >= 0.6 is 0 Å². The van der Waals surface area contributed by atoms with Gasteiger partial charge in [0.15, 0.2) is 6.61 Å². The molecule has 0 aliphatic rings. The molecule has 0 fully saturated rings. The third kappa shape index (κ3) is 6.67. The van der Waals surface area contributed by atoms with Crippen LogP contribution in [0.25, 0.3) is 0 Å². The molecule has 0 bridgehead atoms. The SMILES string of the molecule is CCCN(Cc1ccccc1)C(=O)CNC(=O)COc1ccccc1. The summed E-state index contributed by atoms with van der Waals surface area (Å²) in [6, 6.07) is 18.9. The number of hydrogen-bond donors (Lipinski definition) is 1. The normalized spacial score (nSPS) is 10.1. The Morgan fingerprint density at radius 3 is 2.28 bits per heavy atom. The Kier molecular flexibility index (Phi) is 7.50. The second-order valence-corrected chi connectivity index (χ2v) is 5.68. The van der Waals surface area contributed by atoms with Gasteiger partial charge in [-0.05, 0) is 24.1 Å². The van der Waals surface area contributed by atoms with Crippen LogP contribution in [0, 0.1) is 0 Å². The van der Waals surface area contributed by atoms with Gasteiger partial charge in [-0.15, -0.1) is 0 Å². The van der Waals surface area contributed by atoms with Gasteiger partial charge in [0.05, 0.1) is 6.54 Å². The number of hydrogen-bond acceptors (Lipinski definition) is 3. The summed E-state index contributed by atoms with van der Waals surface area (Å²) >= 11 is 0. The lowest BCUT2D eigenvalue weighted by Gasteiger charge is -2.22. The molecule has 2 amide bonds. The summed E-state index contributed by atoms with van der Waals surface area (Å²) < 4.78 is 5.37. The van der Waals surface area contributed by atoms with E-state index in [-0.39, 0.29) is 25.0 Å². The van der Waals surface area contributed by atoms with Crippen molar-refractivity contribution in [2.75, 3.05) is 19.7 Å². The minimum absolute atomic E-state index is 0.0240. The first-order valence-corrected chi connectivity index (χ1v) is 8.45. The topological polar surface area (TPSA) is 58.6 Å². The van der Waals surface area contributed by atoms with Crippen molar-refractivity contribution in [1.82, 2.24) is 10.2 Å². The summed E-state index contributed by atoms with van der Waals surface area (Å²) in [6.07, 6.45) is 0.865. The fourth-order valence-corrected chi connectivity index (χ4v) is 2.37. The van der Waals surface area contributed by atoms with Gasteiger partial charge in [0.1, 0.15) is 5.75 Å². The predicted octanol–water partition coefficient (Wildman–Crippen LogP) is 2.62. The van der Waals surface area contributed by atoms with Gasteiger partial charge in [-0.1, -0.05) is 55.5 Å². The van der Waals surface area contributed by atoms with Gasteiger partial charge in [0.2, 0.25) is 5.91 Å². The first-order chi connectivity index (χ1) is 12.2. The molecule has 0 saturated heterocycles. The largest absolute Gasteiger partial charge is 0.484 e. The van der Waals surface area contributed by atoms with E-state index in [1.165, 1.54) is 0 Å². The third-order valence-corrected chi connectivity index (χ3v) is 3.61. The third-order valence-electron chi connectivity index (χ3n) is 3.61. The zero-order valence-electron chi connectivity index (χ0n) is 14.5. The first kappa shape index (κ1) is 18.5. The zero-order chi connectivity index (χ0) is 17.9. The highest BCUT2D eigenvalue weighted by atomic mass is 16.5. The number of benzene rings is 2. The molecule has 0 radical (unpaired) electrons. The Morgan fingerprint density at radius 1 is 1.00 bits per heavy atom. The highest BCUT2D eigenvalue weighted by Gasteiger charge is 2.14. The van der Waals surface area contributed by atoms with Gasteiger partial charge in [0, 0.05) is 13.1 Å². The molecule has 2 rings (SSSR count). The molecule has 0 aliphatic carbocycles. The summed E-state index contributed by atoms with van der Waals surface area (Å²) in [5, 5.41) is 2.62. The Balaban J connectivity index is 1.78. The van der Waals surface area contributed by atoms with Crippen molar-refractivity contribution in [1.29, 1.82) is 0 Å². The molecule has 0 aliphatic heterocycles. The second kappa shape index (κ2) is 10.1. The lowest BCUT2D eigenvalue weighted by molar-refractivity contribution is -0.133. The van der Waals surface area contributed by atoms with Crippen LogP contribution in [0.3, 0.4) is 0 Å². The molecular formula is C20H24N2O3. The number of carbonyl (C=O) groups is 2. The van der Waals surface area contributed by atoms with Crippen molar-refractivity contribution in [3.8, 4) is 5.75 Å². The van der Waals surface area contributed by atoms with Crippen LogP contribution in [0.2, 0.25) is 0 Å². The number of nitrogens with one attached hydrogen (secondary N) is 1. The molecule has 0 saturated carbocycles. The van der Waals surface area contributed by atoms with E-state index in [0.717, 1.165) is 12.0 Å². The van der Waals surface area contributed by atoms with Crippen LogP contribution in [-0.2, 0) is 16.1 Å². The lowest BCUT2D eigenvalue weighted by Crippen LogP contribution is -2.41. The van der Waals surface area contributed by atoms with Gasteiger partial charge >= 0.3 is 0 Å². The number of nitrogens with zero attached hydrogens (tertiary/aromatic N) is 1. The van der Waals surface area contributed by atoms with Crippen LogP contribution in [0.4, 0.5) is 0 Å². The molecule has 2 aromatic carbocycles. The Labute approximate surface area is 148 Å². The average Bonchev–Trinajstić information content (AvgIpc) is 2.66. The lowest BCUT2D eigenvalue weighted by atomic mass is 10.2. The minimum Gasteiger partial charge on any atom is -0.484 e. The molecular weight excluding hydrogens is 316 g/mol. The van der Waals surface area contributed by atoms with Crippen molar-refractivity contribution in [3.63, 3.8) is 0 Å². The number of para-hydroxylation sites is 1. The highest BCUT2D eigenvalue weighted by Crippen LogP contribution is 2.08. The molecule has 0 spiro atoms. The van der Waals surface area contributed by atoms with Crippen LogP contribution in [-0.4, -0.2) is 36.4 Å². The molecule has 132 valence electrons. The zero-order valence-corrected chi connectivity index (χ0v) is 14.5. The second-order valence-electron chi connectivity index (χ2n) is 5.68. The van der Waals surface area contributed by atoms with Crippen LogP contribution in [0.15, 0.2) is 60.7 Å².